The molecule has 2 N–H and O–H groups in total. The van der Waals surface area contributed by atoms with Crippen molar-refractivity contribution < 1.29 is 14.1 Å². The number of hydrogen-bond donors (Lipinski definition) is 1. The van der Waals surface area contributed by atoms with E-state index in [1.54, 1.807) is 6.07 Å². The molecular weight excluding hydrogens is 404 g/mol. The van der Waals surface area contributed by atoms with Gasteiger partial charge in [-0.2, -0.15) is 0 Å². The molecule has 1 aliphatic heterocycles. The first-order chi connectivity index (χ1) is 15.5. The number of fused-ring (bicyclic) bond motifs is 1. The molecular formula is C25H26N4O3. The highest BCUT2D eigenvalue weighted by Gasteiger charge is 2.29. The second kappa shape index (κ2) is 8.24. The van der Waals surface area contributed by atoms with Crippen molar-refractivity contribution in [1.82, 2.24) is 14.7 Å². The molecule has 5 rings (SSSR count). The zero-order valence-corrected chi connectivity index (χ0v) is 18.2. The third-order valence-electron chi connectivity index (χ3n) is 6.42. The lowest BCUT2D eigenvalue weighted by Gasteiger charge is -2.32. The number of aryl methyl sites for hydroxylation is 2. The molecule has 1 saturated heterocycles. The molecule has 1 fully saturated rings. The fourth-order valence-corrected chi connectivity index (χ4v) is 4.92. The zero-order valence-electron chi connectivity index (χ0n) is 18.2. The molecule has 164 valence electrons. The second-order valence-corrected chi connectivity index (χ2v) is 8.41. The molecule has 32 heavy (non-hydrogen) atoms. The van der Waals surface area contributed by atoms with Crippen LogP contribution >= 0.6 is 0 Å². The van der Waals surface area contributed by atoms with E-state index in [0.717, 1.165) is 48.4 Å². The molecule has 1 atom stereocenters. The maximum Gasteiger partial charge on any atom is 0.250 e. The number of imidazole rings is 1. The average molecular weight is 431 g/mol. The summed E-state index contributed by atoms with van der Waals surface area (Å²) in [5.74, 6) is 0.590. The maximum atomic E-state index is 12.4. The molecule has 2 aromatic heterocycles. The van der Waals surface area contributed by atoms with Gasteiger partial charge in [0, 0.05) is 18.8 Å². The predicted octanol–water partition coefficient (Wildman–Crippen LogP) is 4.42. The lowest BCUT2D eigenvalue weighted by molar-refractivity contribution is 0.0547. The summed E-state index contributed by atoms with van der Waals surface area (Å²) >= 11 is 0. The maximum absolute atomic E-state index is 12.4. The van der Waals surface area contributed by atoms with Gasteiger partial charge in [0.25, 0.3) is 5.91 Å². The van der Waals surface area contributed by atoms with E-state index in [-0.39, 0.29) is 6.04 Å². The second-order valence-electron chi connectivity index (χ2n) is 8.41. The Morgan fingerprint density at radius 3 is 2.56 bits per heavy atom. The van der Waals surface area contributed by atoms with Crippen LogP contribution in [-0.4, -0.2) is 33.8 Å². The van der Waals surface area contributed by atoms with Crippen LogP contribution in [0.1, 0.15) is 46.3 Å². The van der Waals surface area contributed by atoms with Gasteiger partial charge in [0.15, 0.2) is 0 Å². The van der Waals surface area contributed by atoms with Gasteiger partial charge in [-0.25, -0.2) is 4.98 Å². The molecule has 0 aliphatic carbocycles. The minimum Gasteiger partial charge on any atom is -0.381 e. The van der Waals surface area contributed by atoms with Gasteiger partial charge in [0.1, 0.15) is 11.3 Å². The van der Waals surface area contributed by atoms with Crippen molar-refractivity contribution in [2.24, 2.45) is 11.7 Å². The standard InChI is InChI=1S/C25H26N4O3/c1-15-22(16(2)32-28-15)19-12-20(25(26)30)23-21(13-19)29(14-27-23)24(17-6-4-3-5-7-17)18-8-10-31-11-9-18/h3-7,12-14,18,24H,8-11H2,1-2H3,(H2,26,30)/t24-/m1/s1. The topological polar surface area (TPSA) is 96.2 Å². The van der Waals surface area contributed by atoms with Crippen LogP contribution < -0.4 is 5.73 Å². The van der Waals surface area contributed by atoms with Crippen LogP contribution in [0.5, 0.6) is 0 Å². The zero-order chi connectivity index (χ0) is 22.2. The Hall–Kier alpha value is -3.45. The van der Waals surface area contributed by atoms with Crippen LogP contribution in [-0.2, 0) is 4.74 Å². The molecule has 7 heteroatoms. The number of amides is 1. The van der Waals surface area contributed by atoms with E-state index in [2.05, 4.69) is 45.0 Å². The summed E-state index contributed by atoms with van der Waals surface area (Å²) in [6.07, 6.45) is 3.76. The van der Waals surface area contributed by atoms with Crippen molar-refractivity contribution in [3.63, 3.8) is 0 Å². The van der Waals surface area contributed by atoms with Crippen molar-refractivity contribution >= 4 is 16.9 Å². The first-order valence-electron chi connectivity index (χ1n) is 10.9. The Balaban J connectivity index is 1.75. The molecule has 1 aliphatic rings. The van der Waals surface area contributed by atoms with Gasteiger partial charge >= 0.3 is 0 Å². The Labute approximate surface area is 186 Å². The van der Waals surface area contributed by atoms with E-state index in [0.29, 0.717) is 22.8 Å². The number of aromatic nitrogens is 3. The van der Waals surface area contributed by atoms with E-state index in [1.165, 1.54) is 5.56 Å². The summed E-state index contributed by atoms with van der Waals surface area (Å²) in [4.78, 5) is 17.0. The van der Waals surface area contributed by atoms with Crippen molar-refractivity contribution in [3.05, 3.63) is 71.4 Å². The van der Waals surface area contributed by atoms with E-state index >= 15 is 0 Å². The molecule has 0 unspecified atom stereocenters. The first-order valence-corrected chi connectivity index (χ1v) is 10.9. The number of carbonyl (C=O) groups is 1. The number of nitrogens with zero attached hydrogens (tertiary/aromatic N) is 3. The molecule has 0 radical (unpaired) electrons. The van der Waals surface area contributed by atoms with E-state index in [4.69, 9.17) is 15.0 Å². The Kier molecular flexibility index (Phi) is 5.27. The van der Waals surface area contributed by atoms with E-state index in [1.807, 2.05) is 26.2 Å². The Morgan fingerprint density at radius 2 is 1.91 bits per heavy atom. The van der Waals surface area contributed by atoms with Crippen molar-refractivity contribution in [2.75, 3.05) is 13.2 Å². The molecule has 0 saturated carbocycles. The Bertz CT molecular complexity index is 1250. The van der Waals surface area contributed by atoms with Crippen LogP contribution in [0.2, 0.25) is 0 Å². The first kappa shape index (κ1) is 20.5. The highest BCUT2D eigenvalue weighted by atomic mass is 16.5. The van der Waals surface area contributed by atoms with Crippen LogP contribution in [0.25, 0.3) is 22.2 Å². The number of primary amides is 1. The van der Waals surface area contributed by atoms with Gasteiger partial charge in [-0.1, -0.05) is 35.5 Å². The van der Waals surface area contributed by atoms with Crippen LogP contribution in [0.3, 0.4) is 0 Å². The largest absolute Gasteiger partial charge is 0.381 e. The highest BCUT2D eigenvalue weighted by Crippen LogP contribution is 2.38. The van der Waals surface area contributed by atoms with Gasteiger partial charge in [0.05, 0.1) is 29.1 Å². The summed E-state index contributed by atoms with van der Waals surface area (Å²) < 4.78 is 13.2. The molecule has 0 spiro atoms. The number of benzene rings is 2. The summed E-state index contributed by atoms with van der Waals surface area (Å²) in [5, 5.41) is 4.09. The molecule has 1 amide bonds. The van der Waals surface area contributed by atoms with Crippen LogP contribution in [0.4, 0.5) is 0 Å². The fraction of sp³-hybridized carbons (Fsp3) is 0.320. The van der Waals surface area contributed by atoms with Crippen molar-refractivity contribution in [3.8, 4) is 11.1 Å². The number of carbonyl (C=O) groups excluding carboxylic acids is 1. The molecule has 3 heterocycles. The fourth-order valence-electron chi connectivity index (χ4n) is 4.92. The quantitative estimate of drug-likeness (QED) is 0.505. The number of nitrogens with two attached hydrogens (primary N) is 1. The smallest absolute Gasteiger partial charge is 0.250 e. The molecule has 4 aromatic rings. The third kappa shape index (κ3) is 3.48. The lowest BCUT2D eigenvalue weighted by atomic mass is 9.86. The highest BCUT2D eigenvalue weighted by molar-refractivity contribution is 6.06. The molecule has 0 bridgehead atoms. The monoisotopic (exact) mass is 430 g/mol. The van der Waals surface area contributed by atoms with Crippen LogP contribution in [0, 0.1) is 19.8 Å². The minimum atomic E-state index is -0.504. The van der Waals surface area contributed by atoms with E-state index < -0.39 is 5.91 Å². The third-order valence-corrected chi connectivity index (χ3v) is 6.42. The number of hydrogen-bond acceptors (Lipinski definition) is 5. The van der Waals surface area contributed by atoms with Gasteiger partial charge in [-0.3, -0.25) is 4.79 Å². The minimum absolute atomic E-state index is 0.0748. The van der Waals surface area contributed by atoms with Gasteiger partial charge < -0.3 is 19.6 Å². The van der Waals surface area contributed by atoms with E-state index in [9.17, 15) is 4.79 Å². The summed E-state index contributed by atoms with van der Waals surface area (Å²) in [7, 11) is 0. The van der Waals surface area contributed by atoms with Gasteiger partial charge in [0.2, 0.25) is 0 Å². The Morgan fingerprint density at radius 1 is 1.16 bits per heavy atom. The predicted molar refractivity (Wildman–Crippen MR) is 121 cm³/mol. The number of rotatable bonds is 5. The number of ether oxygens (including phenoxy) is 1. The summed E-state index contributed by atoms with van der Waals surface area (Å²) in [5.41, 5.74) is 11.4. The van der Waals surface area contributed by atoms with Crippen molar-refractivity contribution in [1.29, 1.82) is 0 Å². The summed E-state index contributed by atoms with van der Waals surface area (Å²) in [6.45, 7) is 5.26. The molecule has 7 nitrogen and oxygen atoms in total. The summed E-state index contributed by atoms with van der Waals surface area (Å²) in [6, 6.07) is 14.4. The van der Waals surface area contributed by atoms with Crippen LogP contribution in [0.15, 0.2) is 53.3 Å². The lowest BCUT2D eigenvalue weighted by Crippen LogP contribution is -2.26. The normalized spacial score (nSPS) is 15.8. The molecule has 2 aromatic carbocycles. The van der Waals surface area contributed by atoms with Gasteiger partial charge in [-0.15, -0.1) is 0 Å². The van der Waals surface area contributed by atoms with Crippen molar-refractivity contribution in [2.45, 2.75) is 32.7 Å². The van der Waals surface area contributed by atoms with Gasteiger partial charge in [-0.05, 0) is 55.9 Å². The average Bonchev–Trinajstić information content (AvgIpc) is 3.37. The SMILES string of the molecule is Cc1noc(C)c1-c1cc(C(N)=O)c2ncn([C@H](c3ccccc3)C3CCOCC3)c2c1.